The molecule has 1 aliphatic rings. The summed E-state index contributed by atoms with van der Waals surface area (Å²) in [6.07, 6.45) is 2.64. The van der Waals surface area contributed by atoms with E-state index >= 15 is 0 Å². The average molecular weight is 542 g/mol. The standard InChI is InChI=1S/C27H29Cl2N5O3/c1-16-2-9-22(37-15-20(36)14-35)21(12-16)26-31-25-23(34(26)13-18-5-7-19(28)8-6-18)24(32-27(29)33-25)30-11-10-17-3-4-17/h2,5-9,12,17,20,35-36H,3-4,10-11,13-15H2,1H3,(H,30,32,33)/t20-/m1/s1. The Morgan fingerprint density at radius 1 is 1.11 bits per heavy atom. The van der Waals surface area contributed by atoms with E-state index in [2.05, 4.69) is 19.9 Å². The molecule has 10 heteroatoms. The Bertz CT molecular complexity index is 1390. The Labute approximate surface area is 225 Å². The summed E-state index contributed by atoms with van der Waals surface area (Å²) in [5, 5.41) is 23.4. The van der Waals surface area contributed by atoms with Crippen LogP contribution in [0.5, 0.6) is 5.75 Å². The number of fused-ring (bicyclic) bond motifs is 1. The molecular weight excluding hydrogens is 513 g/mol. The molecule has 1 atom stereocenters. The molecule has 2 aromatic carbocycles. The highest BCUT2D eigenvalue weighted by Crippen LogP contribution is 2.36. The second kappa shape index (κ2) is 11.2. The van der Waals surface area contributed by atoms with Gasteiger partial charge in [0.1, 0.15) is 29.8 Å². The number of aliphatic hydroxyl groups is 2. The van der Waals surface area contributed by atoms with E-state index in [0.29, 0.717) is 34.6 Å². The van der Waals surface area contributed by atoms with Crippen LogP contribution < -0.4 is 10.1 Å². The number of nitrogens with one attached hydrogen (secondary N) is 1. The molecule has 4 aromatic rings. The fourth-order valence-electron chi connectivity index (χ4n) is 4.25. The minimum Gasteiger partial charge on any atom is -0.490 e. The van der Waals surface area contributed by atoms with Crippen molar-refractivity contribution >= 4 is 40.2 Å². The zero-order valence-electron chi connectivity index (χ0n) is 20.5. The van der Waals surface area contributed by atoms with E-state index in [1.54, 1.807) is 0 Å². The van der Waals surface area contributed by atoms with Crippen molar-refractivity contribution < 1.29 is 14.9 Å². The van der Waals surface area contributed by atoms with E-state index < -0.39 is 6.10 Å². The smallest absolute Gasteiger partial charge is 0.226 e. The normalized spacial score (nSPS) is 14.2. The highest BCUT2D eigenvalue weighted by Gasteiger charge is 2.24. The van der Waals surface area contributed by atoms with Crippen LogP contribution in [0.4, 0.5) is 5.82 Å². The Morgan fingerprint density at radius 3 is 2.62 bits per heavy atom. The van der Waals surface area contributed by atoms with Gasteiger partial charge < -0.3 is 24.8 Å². The van der Waals surface area contributed by atoms with Crippen molar-refractivity contribution in [3.63, 3.8) is 0 Å². The number of halogens is 2. The maximum absolute atomic E-state index is 9.87. The van der Waals surface area contributed by atoms with Crippen molar-refractivity contribution in [2.75, 3.05) is 25.1 Å². The fourth-order valence-corrected chi connectivity index (χ4v) is 4.54. The summed E-state index contributed by atoms with van der Waals surface area (Å²) in [4.78, 5) is 13.9. The molecule has 1 fully saturated rings. The van der Waals surface area contributed by atoms with Crippen LogP contribution in [0, 0.1) is 12.8 Å². The molecule has 0 unspecified atom stereocenters. The van der Waals surface area contributed by atoms with Crippen LogP contribution in [-0.4, -0.2) is 55.6 Å². The predicted molar refractivity (Wildman–Crippen MR) is 145 cm³/mol. The fraction of sp³-hybridized carbons (Fsp3) is 0.370. The third kappa shape index (κ3) is 6.15. The van der Waals surface area contributed by atoms with Gasteiger partial charge in [0.25, 0.3) is 0 Å². The van der Waals surface area contributed by atoms with Gasteiger partial charge in [0.2, 0.25) is 5.28 Å². The van der Waals surface area contributed by atoms with Gasteiger partial charge in [0, 0.05) is 18.1 Å². The molecule has 37 heavy (non-hydrogen) atoms. The van der Waals surface area contributed by atoms with Gasteiger partial charge in [-0.3, -0.25) is 0 Å². The third-order valence-electron chi connectivity index (χ3n) is 6.39. The first-order valence-corrected chi connectivity index (χ1v) is 13.1. The molecule has 194 valence electrons. The Balaban J connectivity index is 1.64. The van der Waals surface area contributed by atoms with Crippen LogP contribution >= 0.6 is 23.2 Å². The molecule has 1 aliphatic carbocycles. The van der Waals surface area contributed by atoms with Crippen LogP contribution in [0.2, 0.25) is 10.3 Å². The van der Waals surface area contributed by atoms with Crippen LogP contribution in [-0.2, 0) is 6.54 Å². The van der Waals surface area contributed by atoms with E-state index in [0.717, 1.165) is 41.1 Å². The molecule has 0 aliphatic heterocycles. The lowest BCUT2D eigenvalue weighted by Crippen LogP contribution is -2.21. The predicted octanol–water partition coefficient (Wildman–Crippen LogP) is 5.10. The largest absolute Gasteiger partial charge is 0.490 e. The van der Waals surface area contributed by atoms with Crippen LogP contribution in [0.15, 0.2) is 42.5 Å². The first kappa shape index (κ1) is 25.7. The van der Waals surface area contributed by atoms with Gasteiger partial charge in [0.05, 0.1) is 12.2 Å². The second-order valence-electron chi connectivity index (χ2n) is 9.47. The molecule has 0 amide bonds. The van der Waals surface area contributed by atoms with Gasteiger partial charge in [-0.15, -0.1) is 0 Å². The summed E-state index contributed by atoms with van der Waals surface area (Å²) < 4.78 is 7.96. The molecule has 0 bridgehead atoms. The van der Waals surface area contributed by atoms with Crippen LogP contribution in [0.25, 0.3) is 22.6 Å². The summed E-state index contributed by atoms with van der Waals surface area (Å²) in [5.41, 5.74) is 3.99. The number of hydrogen-bond donors (Lipinski definition) is 3. The van der Waals surface area contributed by atoms with E-state index in [4.69, 9.17) is 32.9 Å². The lowest BCUT2D eigenvalue weighted by molar-refractivity contribution is 0.0538. The van der Waals surface area contributed by atoms with Crippen molar-refractivity contribution in [2.45, 2.75) is 38.8 Å². The first-order valence-electron chi connectivity index (χ1n) is 12.4. The van der Waals surface area contributed by atoms with Crippen LogP contribution in [0.1, 0.15) is 30.4 Å². The van der Waals surface area contributed by atoms with Crippen molar-refractivity contribution in [3.8, 4) is 17.1 Å². The highest BCUT2D eigenvalue weighted by atomic mass is 35.5. The van der Waals surface area contributed by atoms with E-state index in [1.165, 1.54) is 12.8 Å². The Morgan fingerprint density at radius 2 is 1.89 bits per heavy atom. The first-order chi connectivity index (χ1) is 17.9. The molecule has 1 saturated carbocycles. The number of anilines is 1. The van der Waals surface area contributed by atoms with Crippen molar-refractivity contribution in [3.05, 3.63) is 63.9 Å². The minimum absolute atomic E-state index is 0.0520. The summed E-state index contributed by atoms with van der Waals surface area (Å²) in [6, 6.07) is 13.4. The average Bonchev–Trinajstić information content (AvgIpc) is 3.64. The van der Waals surface area contributed by atoms with Crippen LogP contribution in [0.3, 0.4) is 0 Å². The Kier molecular flexibility index (Phi) is 7.81. The number of rotatable bonds is 11. The number of aliphatic hydroxyl groups excluding tert-OH is 2. The SMILES string of the molecule is Cc1ccc(OC[C@H](O)CO)c(-c2nc3nc(Cl)nc(NCCC4CC4)c3n2Cc2ccc(Cl)cc2)c1. The Hall–Kier alpha value is -2.91. The molecule has 0 spiro atoms. The highest BCUT2D eigenvalue weighted by molar-refractivity contribution is 6.30. The number of aromatic nitrogens is 4. The van der Waals surface area contributed by atoms with E-state index in [-0.39, 0.29) is 18.5 Å². The minimum atomic E-state index is -0.992. The quantitative estimate of drug-likeness (QED) is 0.227. The van der Waals surface area contributed by atoms with Crippen molar-refractivity contribution in [1.29, 1.82) is 0 Å². The zero-order chi connectivity index (χ0) is 25.9. The van der Waals surface area contributed by atoms with Crippen molar-refractivity contribution in [1.82, 2.24) is 19.5 Å². The third-order valence-corrected chi connectivity index (χ3v) is 6.81. The van der Waals surface area contributed by atoms with E-state index in [9.17, 15) is 10.2 Å². The maximum atomic E-state index is 9.87. The topological polar surface area (TPSA) is 105 Å². The molecule has 8 nitrogen and oxygen atoms in total. The lowest BCUT2D eigenvalue weighted by Gasteiger charge is -2.16. The van der Waals surface area contributed by atoms with Gasteiger partial charge in [0.15, 0.2) is 11.5 Å². The number of benzene rings is 2. The monoisotopic (exact) mass is 541 g/mol. The van der Waals surface area contributed by atoms with Gasteiger partial charge in [-0.05, 0) is 60.7 Å². The summed E-state index contributed by atoms with van der Waals surface area (Å²) in [5.74, 6) is 2.57. The van der Waals surface area contributed by atoms with Gasteiger partial charge in [-0.25, -0.2) is 4.98 Å². The summed E-state index contributed by atoms with van der Waals surface area (Å²) >= 11 is 12.5. The number of imidazole rings is 1. The molecule has 0 radical (unpaired) electrons. The van der Waals surface area contributed by atoms with E-state index in [1.807, 2.05) is 49.4 Å². The second-order valence-corrected chi connectivity index (χ2v) is 10.2. The molecule has 0 saturated heterocycles. The molecule has 3 N–H and O–H groups in total. The zero-order valence-corrected chi connectivity index (χ0v) is 22.0. The number of aryl methyl sites for hydroxylation is 1. The van der Waals surface area contributed by atoms with Gasteiger partial charge in [-0.2, -0.15) is 9.97 Å². The maximum Gasteiger partial charge on any atom is 0.226 e. The summed E-state index contributed by atoms with van der Waals surface area (Å²) in [7, 11) is 0. The molecule has 5 rings (SSSR count). The van der Waals surface area contributed by atoms with Crippen molar-refractivity contribution in [2.24, 2.45) is 5.92 Å². The number of nitrogens with zero attached hydrogens (tertiary/aromatic N) is 4. The number of hydrogen-bond acceptors (Lipinski definition) is 7. The molecule has 2 aromatic heterocycles. The number of ether oxygens (including phenoxy) is 1. The lowest BCUT2D eigenvalue weighted by atomic mass is 10.1. The van der Waals surface area contributed by atoms with Gasteiger partial charge in [-0.1, -0.05) is 48.2 Å². The molecule has 2 heterocycles. The summed E-state index contributed by atoms with van der Waals surface area (Å²) in [6.45, 7) is 2.82. The van der Waals surface area contributed by atoms with Gasteiger partial charge >= 0.3 is 0 Å². The molecular formula is C27H29Cl2N5O3.